The van der Waals surface area contributed by atoms with Crippen molar-refractivity contribution in [2.75, 3.05) is 5.32 Å². The van der Waals surface area contributed by atoms with Gasteiger partial charge in [-0.1, -0.05) is 42.0 Å². The topological polar surface area (TPSA) is 78.9 Å². The van der Waals surface area contributed by atoms with Gasteiger partial charge in [-0.3, -0.25) is 10.1 Å². The first kappa shape index (κ1) is 19.3. The molecule has 3 N–H and O–H groups in total. The van der Waals surface area contributed by atoms with Gasteiger partial charge in [0.05, 0.1) is 17.1 Å². The fourth-order valence-corrected chi connectivity index (χ4v) is 3.81. The van der Waals surface area contributed by atoms with Crippen LogP contribution in [0, 0.1) is 26.7 Å². The fraction of sp³-hybridized carbons (Fsp3) is 0.348. The van der Waals surface area contributed by atoms with Gasteiger partial charge in [0.1, 0.15) is 0 Å². The minimum Gasteiger partial charge on any atom is -0.323 e. The molecule has 6 heteroatoms. The number of hydrogen-bond donors (Lipinski definition) is 3. The monoisotopic (exact) mass is 389 g/mol. The van der Waals surface area contributed by atoms with Crippen molar-refractivity contribution in [1.29, 1.82) is 0 Å². The molecule has 1 fully saturated rings. The van der Waals surface area contributed by atoms with Crippen molar-refractivity contribution >= 4 is 22.8 Å². The quantitative estimate of drug-likeness (QED) is 0.639. The lowest BCUT2D eigenvalue weighted by Crippen LogP contribution is -2.63. The molecule has 1 aromatic heterocycles. The highest BCUT2D eigenvalue weighted by molar-refractivity contribution is 5.83. The van der Waals surface area contributed by atoms with E-state index in [0.717, 1.165) is 22.2 Å². The van der Waals surface area contributed by atoms with E-state index in [4.69, 9.17) is 0 Å². The molecule has 0 bridgehead atoms. The van der Waals surface area contributed by atoms with Crippen LogP contribution in [0.5, 0.6) is 0 Å². The number of anilines is 1. The number of carbonyl (C=O) groups excluding carboxylic acids is 1. The molecule has 2 heterocycles. The van der Waals surface area contributed by atoms with Crippen LogP contribution in [-0.4, -0.2) is 28.2 Å². The van der Waals surface area contributed by atoms with Crippen LogP contribution >= 0.6 is 0 Å². The minimum atomic E-state index is -0.409. The molecular weight excluding hydrogens is 362 g/mol. The average Bonchev–Trinajstić information content (AvgIpc) is 2.66. The number of nitrogens with one attached hydrogen (secondary N) is 3. The van der Waals surface area contributed by atoms with Gasteiger partial charge in [-0.2, -0.15) is 0 Å². The maximum Gasteiger partial charge on any atom is 0.227 e. The van der Waals surface area contributed by atoms with Gasteiger partial charge in [-0.05, 0) is 51.3 Å². The summed E-state index contributed by atoms with van der Waals surface area (Å²) in [5, 5.41) is 10.7. The summed E-state index contributed by atoms with van der Waals surface area (Å²) in [7, 11) is 0. The molecule has 1 saturated heterocycles. The molecule has 3 atom stereocenters. The van der Waals surface area contributed by atoms with E-state index in [0.29, 0.717) is 12.4 Å². The van der Waals surface area contributed by atoms with E-state index in [1.54, 1.807) is 0 Å². The highest BCUT2D eigenvalue weighted by Crippen LogP contribution is 2.20. The molecule has 29 heavy (non-hydrogen) atoms. The van der Waals surface area contributed by atoms with Gasteiger partial charge in [-0.15, -0.1) is 0 Å². The zero-order valence-corrected chi connectivity index (χ0v) is 17.3. The largest absolute Gasteiger partial charge is 0.323 e. The van der Waals surface area contributed by atoms with Crippen molar-refractivity contribution in [3.8, 4) is 0 Å². The highest BCUT2D eigenvalue weighted by atomic mass is 16.2. The van der Waals surface area contributed by atoms with Crippen molar-refractivity contribution in [2.45, 2.75) is 46.4 Å². The third-order valence-corrected chi connectivity index (χ3v) is 5.55. The smallest absolute Gasteiger partial charge is 0.227 e. The van der Waals surface area contributed by atoms with Crippen molar-refractivity contribution in [3.05, 3.63) is 64.8 Å². The van der Waals surface area contributed by atoms with Crippen LogP contribution in [0.2, 0.25) is 0 Å². The Bertz CT molecular complexity index is 1050. The van der Waals surface area contributed by atoms with Gasteiger partial charge in [0.15, 0.2) is 6.29 Å². The van der Waals surface area contributed by atoms with Crippen LogP contribution in [0.15, 0.2) is 42.5 Å². The summed E-state index contributed by atoms with van der Waals surface area (Å²) in [6, 6.07) is 14.5. The van der Waals surface area contributed by atoms with Crippen LogP contribution in [-0.2, 0) is 11.2 Å². The Labute approximate surface area is 171 Å². The summed E-state index contributed by atoms with van der Waals surface area (Å²) in [5.74, 6) is 0.405. The molecule has 150 valence electrons. The number of fused-ring (bicyclic) bond motifs is 1. The van der Waals surface area contributed by atoms with Crippen molar-refractivity contribution < 1.29 is 4.79 Å². The number of amides is 1. The number of hydrogen-bond acceptors (Lipinski definition) is 5. The summed E-state index contributed by atoms with van der Waals surface area (Å²) in [5.41, 5.74) is 5.34. The Kier molecular flexibility index (Phi) is 5.20. The van der Waals surface area contributed by atoms with Gasteiger partial charge in [0.25, 0.3) is 0 Å². The summed E-state index contributed by atoms with van der Waals surface area (Å²) in [6.07, 6.45) is 0.297. The molecular formula is C23H27N5O. The summed E-state index contributed by atoms with van der Waals surface area (Å²) < 4.78 is 0. The number of carbonyl (C=O) groups is 1. The van der Waals surface area contributed by atoms with Crippen LogP contribution in [0.25, 0.3) is 10.9 Å². The lowest BCUT2D eigenvalue weighted by molar-refractivity contribution is -0.128. The third-order valence-electron chi connectivity index (χ3n) is 5.55. The first-order chi connectivity index (χ1) is 13.9. The second-order valence-corrected chi connectivity index (χ2v) is 7.99. The molecule has 0 saturated carbocycles. The van der Waals surface area contributed by atoms with Gasteiger partial charge in [-0.25, -0.2) is 9.97 Å². The number of benzene rings is 2. The fourth-order valence-electron chi connectivity index (χ4n) is 3.81. The predicted octanol–water partition coefficient (Wildman–Crippen LogP) is 3.22. The van der Waals surface area contributed by atoms with E-state index in [-0.39, 0.29) is 17.9 Å². The molecule has 0 radical (unpaired) electrons. The van der Waals surface area contributed by atoms with E-state index < -0.39 is 6.29 Å². The maximum absolute atomic E-state index is 12.8. The van der Waals surface area contributed by atoms with E-state index >= 15 is 0 Å². The van der Waals surface area contributed by atoms with Gasteiger partial charge in [0.2, 0.25) is 11.9 Å². The minimum absolute atomic E-state index is 0.0198. The van der Waals surface area contributed by atoms with Crippen LogP contribution < -0.4 is 16.0 Å². The lowest BCUT2D eigenvalue weighted by Gasteiger charge is -2.36. The van der Waals surface area contributed by atoms with Crippen LogP contribution in [0.1, 0.15) is 29.3 Å². The SMILES string of the molecule is Cc1ccc(CC2C(=O)NC(Nc3nc(C)c4ccc(C)cc4n3)NC2C)cc1. The van der Waals surface area contributed by atoms with Gasteiger partial charge >= 0.3 is 0 Å². The normalized spacial score (nSPS) is 21.8. The number of nitrogens with zero attached hydrogens (tertiary/aromatic N) is 2. The molecule has 6 nitrogen and oxygen atoms in total. The Morgan fingerprint density at radius 1 is 1.00 bits per heavy atom. The average molecular weight is 390 g/mol. The molecule has 3 unspecified atom stereocenters. The Morgan fingerprint density at radius 3 is 2.45 bits per heavy atom. The lowest BCUT2D eigenvalue weighted by atomic mass is 9.90. The zero-order chi connectivity index (χ0) is 20.5. The first-order valence-corrected chi connectivity index (χ1v) is 10.0. The highest BCUT2D eigenvalue weighted by Gasteiger charge is 2.33. The van der Waals surface area contributed by atoms with Crippen molar-refractivity contribution in [3.63, 3.8) is 0 Å². The number of aryl methyl sites for hydroxylation is 3. The summed E-state index contributed by atoms with van der Waals surface area (Å²) in [6.45, 7) is 8.12. The van der Waals surface area contributed by atoms with E-state index in [9.17, 15) is 4.79 Å². The standard InChI is InChI=1S/C23H27N5O/c1-13-5-8-17(9-6-13)12-19-16(4)25-23(27-21(19)29)28-22-24-15(3)18-10-7-14(2)11-20(18)26-22/h5-11,16,19,23,25H,12H2,1-4H3,(H,27,29)(H,24,26,28). The molecule has 0 spiro atoms. The third kappa shape index (κ3) is 4.22. The molecule has 2 aromatic carbocycles. The summed E-state index contributed by atoms with van der Waals surface area (Å²) >= 11 is 0. The van der Waals surface area contributed by atoms with Crippen molar-refractivity contribution in [1.82, 2.24) is 20.6 Å². The molecule has 3 aromatic rings. The number of aromatic nitrogens is 2. The van der Waals surface area contributed by atoms with E-state index in [1.807, 2.05) is 32.9 Å². The van der Waals surface area contributed by atoms with Crippen LogP contribution in [0.4, 0.5) is 5.95 Å². The molecule has 1 aliphatic rings. The van der Waals surface area contributed by atoms with Crippen LogP contribution in [0.3, 0.4) is 0 Å². The Hall–Kier alpha value is -2.99. The van der Waals surface area contributed by atoms with E-state index in [1.165, 1.54) is 11.1 Å². The molecule has 0 aliphatic carbocycles. The predicted molar refractivity (Wildman–Crippen MR) is 116 cm³/mol. The molecule has 4 rings (SSSR count). The molecule has 1 aliphatic heterocycles. The Balaban J connectivity index is 1.47. The second kappa shape index (κ2) is 7.79. The van der Waals surface area contributed by atoms with E-state index in [2.05, 4.69) is 63.2 Å². The maximum atomic E-state index is 12.8. The first-order valence-electron chi connectivity index (χ1n) is 10.0. The Morgan fingerprint density at radius 2 is 1.72 bits per heavy atom. The summed E-state index contributed by atoms with van der Waals surface area (Å²) in [4.78, 5) is 21.9. The van der Waals surface area contributed by atoms with Crippen molar-refractivity contribution in [2.24, 2.45) is 5.92 Å². The van der Waals surface area contributed by atoms with Gasteiger partial charge in [0, 0.05) is 11.4 Å². The van der Waals surface area contributed by atoms with Gasteiger partial charge < -0.3 is 10.6 Å². The second-order valence-electron chi connectivity index (χ2n) is 7.99. The molecule has 1 amide bonds. The zero-order valence-electron chi connectivity index (χ0n) is 17.3. The number of rotatable bonds is 4.